The molecule has 0 aliphatic rings. The molecule has 1 unspecified atom stereocenters. The minimum Gasteiger partial charge on any atom is -0.448 e. The van der Waals surface area contributed by atoms with Crippen LogP contribution in [0.25, 0.3) is 11.1 Å². The van der Waals surface area contributed by atoms with Crippen molar-refractivity contribution < 1.29 is 14.3 Å². The SMILES string of the molecule is CCOC(O)c1cc2c(C(C)(C)C)coc2[nH]1. The Morgan fingerprint density at radius 1 is 1.47 bits per heavy atom. The Balaban J connectivity index is 2.42. The fraction of sp³-hybridized carbons (Fsp3) is 0.538. The van der Waals surface area contributed by atoms with E-state index in [0.29, 0.717) is 18.0 Å². The highest BCUT2D eigenvalue weighted by Gasteiger charge is 2.22. The molecule has 4 nitrogen and oxygen atoms in total. The quantitative estimate of drug-likeness (QED) is 0.806. The summed E-state index contributed by atoms with van der Waals surface area (Å²) in [6.45, 7) is 8.69. The highest BCUT2D eigenvalue weighted by molar-refractivity contribution is 5.80. The van der Waals surface area contributed by atoms with E-state index in [1.54, 1.807) is 6.26 Å². The van der Waals surface area contributed by atoms with E-state index < -0.39 is 6.29 Å². The van der Waals surface area contributed by atoms with Crippen LogP contribution in [0.3, 0.4) is 0 Å². The summed E-state index contributed by atoms with van der Waals surface area (Å²) in [6, 6.07) is 1.89. The van der Waals surface area contributed by atoms with Crippen LogP contribution in [0.5, 0.6) is 0 Å². The molecule has 2 rings (SSSR count). The molecule has 17 heavy (non-hydrogen) atoms. The summed E-state index contributed by atoms with van der Waals surface area (Å²) in [5.41, 5.74) is 2.45. The molecule has 2 aromatic heterocycles. The van der Waals surface area contributed by atoms with Crippen LogP contribution in [0.4, 0.5) is 0 Å². The fourth-order valence-corrected chi connectivity index (χ4v) is 1.89. The summed E-state index contributed by atoms with van der Waals surface area (Å²) in [6.07, 6.45) is 0.841. The van der Waals surface area contributed by atoms with Gasteiger partial charge in [0.05, 0.1) is 12.0 Å². The fourth-order valence-electron chi connectivity index (χ4n) is 1.89. The Hall–Kier alpha value is -1.26. The Kier molecular flexibility index (Phi) is 3.02. The molecule has 94 valence electrons. The van der Waals surface area contributed by atoms with E-state index in [-0.39, 0.29) is 5.41 Å². The topological polar surface area (TPSA) is 58.4 Å². The van der Waals surface area contributed by atoms with Crippen molar-refractivity contribution >= 4 is 11.1 Å². The van der Waals surface area contributed by atoms with Crippen molar-refractivity contribution in [1.82, 2.24) is 4.98 Å². The third kappa shape index (κ3) is 2.23. The van der Waals surface area contributed by atoms with Crippen molar-refractivity contribution in [2.45, 2.75) is 39.4 Å². The summed E-state index contributed by atoms with van der Waals surface area (Å²) in [4.78, 5) is 3.03. The largest absolute Gasteiger partial charge is 0.448 e. The van der Waals surface area contributed by atoms with Crippen LogP contribution < -0.4 is 0 Å². The molecule has 0 aliphatic carbocycles. The molecular formula is C13H19NO3. The van der Waals surface area contributed by atoms with Gasteiger partial charge >= 0.3 is 0 Å². The molecule has 2 heterocycles. The van der Waals surface area contributed by atoms with Crippen LogP contribution in [-0.4, -0.2) is 16.7 Å². The van der Waals surface area contributed by atoms with Crippen LogP contribution in [-0.2, 0) is 10.2 Å². The second-order valence-electron chi connectivity index (χ2n) is 5.17. The number of ether oxygens (including phenoxy) is 1. The number of aromatic amines is 1. The van der Waals surface area contributed by atoms with E-state index >= 15 is 0 Å². The molecule has 0 spiro atoms. The third-order valence-corrected chi connectivity index (χ3v) is 2.79. The average molecular weight is 237 g/mol. The molecular weight excluding hydrogens is 218 g/mol. The number of fused-ring (bicyclic) bond motifs is 1. The maximum Gasteiger partial charge on any atom is 0.204 e. The molecule has 4 heteroatoms. The maximum absolute atomic E-state index is 9.74. The van der Waals surface area contributed by atoms with Crippen LogP contribution >= 0.6 is 0 Å². The van der Waals surface area contributed by atoms with Gasteiger partial charge in [-0.1, -0.05) is 20.8 Å². The molecule has 2 aromatic rings. The Labute approximate surface area is 101 Å². The van der Waals surface area contributed by atoms with Crippen LogP contribution in [0.15, 0.2) is 16.7 Å². The summed E-state index contributed by atoms with van der Waals surface area (Å²) in [5, 5.41) is 10.7. The summed E-state index contributed by atoms with van der Waals surface area (Å²) in [7, 11) is 0. The van der Waals surface area contributed by atoms with E-state index in [4.69, 9.17) is 9.15 Å². The Bertz CT molecular complexity index is 504. The van der Waals surface area contributed by atoms with E-state index in [0.717, 1.165) is 10.9 Å². The van der Waals surface area contributed by atoms with Crippen molar-refractivity contribution in [3.05, 3.63) is 23.6 Å². The van der Waals surface area contributed by atoms with Crippen LogP contribution in [0, 0.1) is 0 Å². The second-order valence-corrected chi connectivity index (χ2v) is 5.17. The van der Waals surface area contributed by atoms with Gasteiger partial charge in [-0.3, -0.25) is 0 Å². The molecule has 1 atom stereocenters. The lowest BCUT2D eigenvalue weighted by molar-refractivity contribution is -0.100. The highest BCUT2D eigenvalue weighted by Crippen LogP contribution is 2.33. The summed E-state index contributed by atoms with van der Waals surface area (Å²) in [5.74, 6) is 0. The van der Waals surface area contributed by atoms with Crippen LogP contribution in [0.1, 0.15) is 45.2 Å². The smallest absolute Gasteiger partial charge is 0.204 e. The number of nitrogens with one attached hydrogen (secondary N) is 1. The standard InChI is InChI=1S/C13H19NO3/c1-5-16-12(15)10-6-8-9(13(2,3)4)7-17-11(8)14-10/h6-7,12,14-15H,5H2,1-4H3. The molecule has 0 fully saturated rings. The Morgan fingerprint density at radius 3 is 2.76 bits per heavy atom. The first-order valence-corrected chi connectivity index (χ1v) is 5.83. The van der Waals surface area contributed by atoms with E-state index in [1.165, 1.54) is 0 Å². The van der Waals surface area contributed by atoms with Gasteiger partial charge in [0, 0.05) is 17.6 Å². The monoisotopic (exact) mass is 237 g/mol. The molecule has 2 N–H and O–H groups in total. The van der Waals surface area contributed by atoms with E-state index in [2.05, 4.69) is 25.8 Å². The van der Waals surface area contributed by atoms with Crippen molar-refractivity contribution in [3.8, 4) is 0 Å². The highest BCUT2D eigenvalue weighted by atomic mass is 16.6. The van der Waals surface area contributed by atoms with Gasteiger partial charge in [0.1, 0.15) is 0 Å². The number of hydrogen-bond donors (Lipinski definition) is 2. The van der Waals surface area contributed by atoms with Gasteiger partial charge in [-0.05, 0) is 18.4 Å². The molecule has 0 saturated carbocycles. The zero-order valence-corrected chi connectivity index (χ0v) is 10.7. The number of aromatic nitrogens is 1. The number of aliphatic hydroxyl groups excluding tert-OH is 1. The number of H-pyrrole nitrogens is 1. The normalized spacial score (nSPS) is 14.4. The first-order valence-electron chi connectivity index (χ1n) is 5.83. The zero-order chi connectivity index (χ0) is 12.6. The third-order valence-electron chi connectivity index (χ3n) is 2.79. The van der Waals surface area contributed by atoms with Gasteiger partial charge in [0.15, 0.2) is 6.29 Å². The predicted molar refractivity (Wildman–Crippen MR) is 65.9 cm³/mol. The van der Waals surface area contributed by atoms with Gasteiger partial charge < -0.3 is 19.2 Å². The first kappa shape index (κ1) is 12.2. The maximum atomic E-state index is 9.74. The molecule has 0 saturated heterocycles. The van der Waals surface area contributed by atoms with Gasteiger partial charge in [-0.25, -0.2) is 0 Å². The van der Waals surface area contributed by atoms with Crippen molar-refractivity contribution in [1.29, 1.82) is 0 Å². The average Bonchev–Trinajstić information content (AvgIpc) is 2.73. The van der Waals surface area contributed by atoms with Gasteiger partial charge in [0.25, 0.3) is 0 Å². The lowest BCUT2D eigenvalue weighted by Crippen LogP contribution is -2.09. The van der Waals surface area contributed by atoms with Gasteiger partial charge in [0.2, 0.25) is 5.71 Å². The first-order chi connectivity index (χ1) is 7.93. The number of rotatable bonds is 3. The zero-order valence-electron chi connectivity index (χ0n) is 10.7. The minimum absolute atomic E-state index is 0.0152. The summed E-state index contributed by atoms with van der Waals surface area (Å²) >= 11 is 0. The Morgan fingerprint density at radius 2 is 2.18 bits per heavy atom. The molecule has 0 aromatic carbocycles. The number of furan rings is 1. The van der Waals surface area contributed by atoms with Crippen LogP contribution in [0.2, 0.25) is 0 Å². The van der Waals surface area contributed by atoms with E-state index in [9.17, 15) is 5.11 Å². The van der Waals surface area contributed by atoms with Crippen molar-refractivity contribution in [3.63, 3.8) is 0 Å². The second kappa shape index (κ2) is 4.20. The van der Waals surface area contributed by atoms with Gasteiger partial charge in [-0.15, -0.1) is 0 Å². The molecule has 0 aliphatic heterocycles. The lowest BCUT2D eigenvalue weighted by Gasteiger charge is -2.15. The van der Waals surface area contributed by atoms with Crippen molar-refractivity contribution in [2.24, 2.45) is 0 Å². The molecule has 0 amide bonds. The number of aliphatic hydroxyl groups is 1. The van der Waals surface area contributed by atoms with Crippen molar-refractivity contribution in [2.75, 3.05) is 6.61 Å². The molecule has 0 radical (unpaired) electrons. The summed E-state index contributed by atoms with van der Waals surface area (Å²) < 4.78 is 10.6. The van der Waals surface area contributed by atoms with Gasteiger partial charge in [-0.2, -0.15) is 0 Å². The number of hydrogen-bond acceptors (Lipinski definition) is 3. The lowest BCUT2D eigenvalue weighted by atomic mass is 9.87. The molecule has 0 bridgehead atoms. The minimum atomic E-state index is -0.921. The predicted octanol–water partition coefficient (Wildman–Crippen LogP) is 3.09. The van der Waals surface area contributed by atoms with E-state index in [1.807, 2.05) is 13.0 Å².